The predicted octanol–water partition coefficient (Wildman–Crippen LogP) is 3.75. The second-order valence-corrected chi connectivity index (χ2v) is 7.79. The number of carbonyl (C=O) groups excluding carboxylic acids is 1. The van der Waals surface area contributed by atoms with Crippen LogP contribution in [0, 0.1) is 11.6 Å². The normalized spacial score (nSPS) is 11.3. The van der Waals surface area contributed by atoms with Crippen molar-refractivity contribution in [2.45, 2.75) is 26.4 Å². The van der Waals surface area contributed by atoms with E-state index in [1.165, 1.54) is 17.0 Å². The van der Waals surface area contributed by atoms with Crippen LogP contribution < -0.4 is 9.50 Å². The number of urea groups is 1. The first-order chi connectivity index (χ1) is 12.5. The molecule has 0 radical (unpaired) electrons. The van der Waals surface area contributed by atoms with Gasteiger partial charge in [0.05, 0.1) is 11.9 Å². The van der Waals surface area contributed by atoms with Gasteiger partial charge in [-0.25, -0.2) is 13.6 Å². The van der Waals surface area contributed by atoms with E-state index in [2.05, 4.69) is 5.32 Å². The van der Waals surface area contributed by atoms with Gasteiger partial charge in [0.15, 0.2) is 0 Å². The van der Waals surface area contributed by atoms with Crippen LogP contribution in [0.5, 0.6) is 5.75 Å². The van der Waals surface area contributed by atoms with Crippen LogP contribution in [0.2, 0.25) is 0 Å². The molecule has 0 heterocycles. The molecule has 0 spiro atoms. The Morgan fingerprint density at radius 1 is 1.19 bits per heavy atom. The van der Waals surface area contributed by atoms with Crippen LogP contribution in [0.4, 0.5) is 19.3 Å². The van der Waals surface area contributed by atoms with Crippen molar-refractivity contribution in [3.8, 4) is 5.75 Å². The Morgan fingerprint density at radius 3 is 2.48 bits per heavy atom. The van der Waals surface area contributed by atoms with Crippen molar-refractivity contribution < 1.29 is 26.2 Å². The number of rotatable bonds is 6. The summed E-state index contributed by atoms with van der Waals surface area (Å²) in [5, 5.41) is 2.41. The number of benzene rings is 2. The van der Waals surface area contributed by atoms with E-state index in [9.17, 15) is 22.0 Å². The third kappa shape index (κ3) is 6.21. The zero-order valence-electron chi connectivity index (χ0n) is 15.1. The quantitative estimate of drug-likeness (QED) is 0.752. The second kappa shape index (κ2) is 8.34. The largest absolute Gasteiger partial charge is 0.383 e. The predicted molar refractivity (Wildman–Crippen MR) is 98.0 cm³/mol. The van der Waals surface area contributed by atoms with Gasteiger partial charge in [-0.05, 0) is 43.7 Å². The average Bonchev–Trinajstić information content (AvgIpc) is 2.53. The lowest BCUT2D eigenvalue weighted by Crippen LogP contribution is -2.39. The SMILES string of the molecule is CC(C)N(Cc1cccc(OS(C)(=O)=O)c1)C(=O)Nc1ccc(F)cc1F. The fraction of sp³-hybridized carbons (Fsp3) is 0.278. The van der Waals surface area contributed by atoms with E-state index in [1.807, 2.05) is 0 Å². The molecule has 0 unspecified atom stereocenters. The zero-order chi connectivity index (χ0) is 20.2. The van der Waals surface area contributed by atoms with Gasteiger partial charge in [0.1, 0.15) is 17.4 Å². The topological polar surface area (TPSA) is 75.7 Å². The number of amides is 2. The summed E-state index contributed by atoms with van der Waals surface area (Å²) in [5.41, 5.74) is 0.487. The van der Waals surface area contributed by atoms with Gasteiger partial charge in [0.25, 0.3) is 0 Å². The van der Waals surface area contributed by atoms with E-state index in [0.717, 1.165) is 18.4 Å². The van der Waals surface area contributed by atoms with E-state index in [-0.39, 0.29) is 24.0 Å². The van der Waals surface area contributed by atoms with Crippen LogP contribution in [-0.4, -0.2) is 31.6 Å². The van der Waals surface area contributed by atoms with Gasteiger partial charge in [-0.1, -0.05) is 12.1 Å². The summed E-state index contributed by atoms with van der Waals surface area (Å²) >= 11 is 0. The van der Waals surface area contributed by atoms with Crippen molar-refractivity contribution in [3.63, 3.8) is 0 Å². The standard InChI is InChI=1S/C18H20F2N2O4S/c1-12(2)22(18(23)21-17-8-7-14(19)10-16(17)20)11-13-5-4-6-15(9-13)26-27(3,24)25/h4-10,12H,11H2,1-3H3,(H,21,23). The van der Waals surface area contributed by atoms with Crippen LogP contribution in [0.25, 0.3) is 0 Å². The summed E-state index contributed by atoms with van der Waals surface area (Å²) in [6.45, 7) is 3.68. The molecule has 27 heavy (non-hydrogen) atoms. The molecular formula is C18H20F2N2O4S. The molecular weight excluding hydrogens is 378 g/mol. The number of halogens is 2. The molecule has 0 aliphatic carbocycles. The minimum atomic E-state index is -3.67. The van der Waals surface area contributed by atoms with Crippen LogP contribution in [0.1, 0.15) is 19.4 Å². The summed E-state index contributed by atoms with van der Waals surface area (Å²) in [6.07, 6.45) is 0.935. The van der Waals surface area contributed by atoms with E-state index in [1.54, 1.807) is 26.0 Å². The van der Waals surface area contributed by atoms with E-state index in [4.69, 9.17) is 4.18 Å². The van der Waals surface area contributed by atoms with Gasteiger partial charge < -0.3 is 14.4 Å². The Labute approximate surface area is 156 Å². The third-order valence-electron chi connectivity index (χ3n) is 3.56. The monoisotopic (exact) mass is 398 g/mol. The van der Waals surface area contributed by atoms with Crippen LogP contribution >= 0.6 is 0 Å². The first-order valence-corrected chi connectivity index (χ1v) is 9.88. The van der Waals surface area contributed by atoms with Gasteiger partial charge in [0, 0.05) is 18.7 Å². The van der Waals surface area contributed by atoms with E-state index in [0.29, 0.717) is 11.6 Å². The Kier molecular flexibility index (Phi) is 6.37. The van der Waals surface area contributed by atoms with E-state index >= 15 is 0 Å². The highest BCUT2D eigenvalue weighted by atomic mass is 32.2. The second-order valence-electron chi connectivity index (χ2n) is 6.21. The maximum Gasteiger partial charge on any atom is 0.322 e. The molecule has 0 saturated heterocycles. The molecule has 0 aromatic heterocycles. The number of carbonyl (C=O) groups is 1. The average molecular weight is 398 g/mol. The molecule has 2 rings (SSSR count). The molecule has 9 heteroatoms. The molecule has 0 bridgehead atoms. The minimum Gasteiger partial charge on any atom is -0.383 e. The van der Waals surface area contributed by atoms with Crippen molar-refractivity contribution in [1.29, 1.82) is 0 Å². The lowest BCUT2D eigenvalue weighted by molar-refractivity contribution is 0.193. The Balaban J connectivity index is 2.17. The summed E-state index contributed by atoms with van der Waals surface area (Å²) in [7, 11) is -3.67. The number of hydrogen-bond donors (Lipinski definition) is 1. The summed E-state index contributed by atoms with van der Waals surface area (Å²) in [4.78, 5) is 14.0. The first kappa shape index (κ1) is 20.6. The Morgan fingerprint density at radius 2 is 1.89 bits per heavy atom. The van der Waals surface area contributed by atoms with Gasteiger partial charge in [-0.3, -0.25) is 0 Å². The lowest BCUT2D eigenvalue weighted by Gasteiger charge is -2.27. The summed E-state index contributed by atoms with van der Waals surface area (Å²) in [6, 6.07) is 8.34. The van der Waals surface area contributed by atoms with Crippen molar-refractivity contribution in [2.24, 2.45) is 0 Å². The van der Waals surface area contributed by atoms with Crippen LogP contribution in [0.15, 0.2) is 42.5 Å². The first-order valence-electron chi connectivity index (χ1n) is 8.06. The molecule has 0 atom stereocenters. The van der Waals surface area contributed by atoms with Crippen molar-refractivity contribution in [2.75, 3.05) is 11.6 Å². The van der Waals surface area contributed by atoms with Gasteiger partial charge in [0.2, 0.25) is 0 Å². The number of nitrogens with zero attached hydrogens (tertiary/aromatic N) is 1. The molecule has 146 valence electrons. The molecule has 2 aromatic carbocycles. The molecule has 0 aliphatic rings. The molecule has 0 saturated carbocycles. The summed E-state index contributed by atoms with van der Waals surface area (Å²) in [5.74, 6) is -1.49. The smallest absolute Gasteiger partial charge is 0.322 e. The van der Waals surface area contributed by atoms with Crippen molar-refractivity contribution in [1.82, 2.24) is 4.90 Å². The highest BCUT2D eigenvalue weighted by Crippen LogP contribution is 2.20. The van der Waals surface area contributed by atoms with Gasteiger partial charge in [-0.15, -0.1) is 0 Å². The van der Waals surface area contributed by atoms with Crippen molar-refractivity contribution >= 4 is 21.8 Å². The maximum absolute atomic E-state index is 13.8. The van der Waals surface area contributed by atoms with Gasteiger partial charge in [-0.2, -0.15) is 8.42 Å². The minimum absolute atomic E-state index is 0.128. The molecule has 1 N–H and O–H groups in total. The molecule has 6 nitrogen and oxygen atoms in total. The highest BCUT2D eigenvalue weighted by molar-refractivity contribution is 7.86. The fourth-order valence-electron chi connectivity index (χ4n) is 2.33. The van der Waals surface area contributed by atoms with Crippen LogP contribution in [0.3, 0.4) is 0 Å². The molecule has 2 aromatic rings. The van der Waals surface area contributed by atoms with Crippen molar-refractivity contribution in [3.05, 3.63) is 59.7 Å². The Bertz CT molecular complexity index is 933. The number of nitrogens with one attached hydrogen (secondary N) is 1. The molecule has 2 amide bonds. The maximum atomic E-state index is 13.8. The third-order valence-corrected chi connectivity index (χ3v) is 4.05. The molecule has 0 fully saturated rings. The van der Waals surface area contributed by atoms with Gasteiger partial charge >= 0.3 is 16.1 Å². The van der Waals surface area contributed by atoms with E-state index < -0.39 is 27.8 Å². The summed E-state index contributed by atoms with van der Waals surface area (Å²) < 4.78 is 54.1. The highest BCUT2D eigenvalue weighted by Gasteiger charge is 2.19. The zero-order valence-corrected chi connectivity index (χ0v) is 15.9. The van der Waals surface area contributed by atoms with Crippen LogP contribution in [-0.2, 0) is 16.7 Å². The fourth-order valence-corrected chi connectivity index (χ4v) is 2.79. The number of hydrogen-bond acceptors (Lipinski definition) is 4. The molecule has 0 aliphatic heterocycles. The Hall–Kier alpha value is -2.68. The lowest BCUT2D eigenvalue weighted by atomic mass is 10.2. The number of anilines is 1.